The fourth-order valence-corrected chi connectivity index (χ4v) is 1.81. The Hall–Kier alpha value is -0.560. The Morgan fingerprint density at radius 3 is 2.47 bits per heavy atom. The van der Waals surface area contributed by atoms with Crippen molar-refractivity contribution >= 4 is 11.6 Å². The molecule has 0 aliphatic rings. The Labute approximate surface area is 96.5 Å². The molecule has 0 saturated heterocycles. The first-order valence-corrected chi connectivity index (χ1v) is 5.90. The average Bonchev–Trinajstić information content (AvgIpc) is 2.18. The third-order valence-corrected chi connectivity index (χ3v) is 2.83. The first kappa shape index (κ1) is 12.5. The van der Waals surface area contributed by atoms with Gasteiger partial charge in [0.1, 0.15) is 5.82 Å². The molecular formula is C13H18ClF. The van der Waals surface area contributed by atoms with Crippen molar-refractivity contribution in [1.29, 1.82) is 0 Å². The maximum Gasteiger partial charge on any atom is 0.126 e. The average molecular weight is 229 g/mol. The lowest BCUT2D eigenvalue weighted by atomic mass is 10.0. The summed E-state index contributed by atoms with van der Waals surface area (Å²) in [7, 11) is 0. The van der Waals surface area contributed by atoms with Gasteiger partial charge in [-0.05, 0) is 36.8 Å². The monoisotopic (exact) mass is 228 g/mol. The second-order valence-corrected chi connectivity index (χ2v) is 4.98. The standard InChI is InChI=1S/C13H18ClF/c1-10(2)7-8-12(14)9-11-5-3-4-6-13(11)15/h3-6,10,12H,7-9H2,1-2H3. The van der Waals surface area contributed by atoms with Gasteiger partial charge in [-0.2, -0.15) is 0 Å². The Kier molecular flexibility index (Phi) is 5.10. The zero-order valence-electron chi connectivity index (χ0n) is 9.34. The van der Waals surface area contributed by atoms with Gasteiger partial charge in [-0.15, -0.1) is 11.6 Å². The summed E-state index contributed by atoms with van der Waals surface area (Å²) >= 11 is 6.16. The van der Waals surface area contributed by atoms with Crippen molar-refractivity contribution in [2.45, 2.75) is 38.5 Å². The molecule has 1 aromatic rings. The summed E-state index contributed by atoms with van der Waals surface area (Å²) in [4.78, 5) is 0. The van der Waals surface area contributed by atoms with Gasteiger partial charge in [0.15, 0.2) is 0 Å². The Morgan fingerprint density at radius 1 is 1.20 bits per heavy atom. The van der Waals surface area contributed by atoms with Crippen LogP contribution in [-0.2, 0) is 6.42 Å². The van der Waals surface area contributed by atoms with E-state index in [9.17, 15) is 4.39 Å². The van der Waals surface area contributed by atoms with E-state index in [1.165, 1.54) is 6.07 Å². The number of halogens is 2. The molecule has 0 bridgehead atoms. The highest BCUT2D eigenvalue weighted by atomic mass is 35.5. The number of benzene rings is 1. The van der Waals surface area contributed by atoms with Gasteiger partial charge in [0.2, 0.25) is 0 Å². The van der Waals surface area contributed by atoms with Crippen molar-refractivity contribution in [2.75, 3.05) is 0 Å². The van der Waals surface area contributed by atoms with E-state index in [1.54, 1.807) is 12.1 Å². The van der Waals surface area contributed by atoms with Crippen LogP contribution in [0.3, 0.4) is 0 Å². The van der Waals surface area contributed by atoms with E-state index in [0.29, 0.717) is 12.3 Å². The number of hydrogen-bond acceptors (Lipinski definition) is 0. The zero-order chi connectivity index (χ0) is 11.3. The molecule has 1 rings (SSSR count). The van der Waals surface area contributed by atoms with E-state index in [4.69, 9.17) is 11.6 Å². The molecule has 0 heterocycles. The van der Waals surface area contributed by atoms with Crippen molar-refractivity contribution in [3.63, 3.8) is 0 Å². The first-order valence-electron chi connectivity index (χ1n) is 5.47. The summed E-state index contributed by atoms with van der Waals surface area (Å²) in [5.74, 6) is 0.513. The maximum atomic E-state index is 13.3. The second kappa shape index (κ2) is 6.12. The molecule has 2 heteroatoms. The predicted octanol–water partition coefficient (Wildman–Crippen LogP) is 4.41. The van der Waals surface area contributed by atoms with Gasteiger partial charge >= 0.3 is 0 Å². The van der Waals surface area contributed by atoms with Crippen molar-refractivity contribution in [3.8, 4) is 0 Å². The number of hydrogen-bond donors (Lipinski definition) is 0. The largest absolute Gasteiger partial charge is 0.207 e. The maximum absolute atomic E-state index is 13.3. The fourth-order valence-electron chi connectivity index (χ4n) is 1.52. The molecule has 0 aromatic heterocycles. The Morgan fingerprint density at radius 2 is 1.87 bits per heavy atom. The summed E-state index contributed by atoms with van der Waals surface area (Å²) in [5.41, 5.74) is 0.723. The summed E-state index contributed by atoms with van der Waals surface area (Å²) in [6.45, 7) is 4.35. The minimum atomic E-state index is -0.146. The molecule has 1 unspecified atom stereocenters. The third kappa shape index (κ3) is 4.65. The van der Waals surface area contributed by atoms with Crippen LogP contribution in [0.4, 0.5) is 4.39 Å². The van der Waals surface area contributed by atoms with Crippen LogP contribution in [0.25, 0.3) is 0 Å². The van der Waals surface area contributed by atoms with Gasteiger partial charge in [-0.3, -0.25) is 0 Å². The van der Waals surface area contributed by atoms with Crippen LogP contribution in [0.5, 0.6) is 0 Å². The summed E-state index contributed by atoms with van der Waals surface area (Å²) < 4.78 is 13.3. The van der Waals surface area contributed by atoms with E-state index in [2.05, 4.69) is 13.8 Å². The first-order chi connectivity index (χ1) is 7.09. The number of alkyl halides is 1. The molecule has 0 aliphatic heterocycles. The molecule has 0 saturated carbocycles. The molecule has 1 aromatic carbocycles. The molecule has 15 heavy (non-hydrogen) atoms. The highest BCUT2D eigenvalue weighted by molar-refractivity contribution is 6.20. The normalized spacial score (nSPS) is 13.1. The predicted molar refractivity (Wildman–Crippen MR) is 63.8 cm³/mol. The lowest BCUT2D eigenvalue weighted by molar-refractivity contribution is 0.535. The van der Waals surface area contributed by atoms with Crippen LogP contribution >= 0.6 is 11.6 Å². The zero-order valence-corrected chi connectivity index (χ0v) is 10.1. The smallest absolute Gasteiger partial charge is 0.126 e. The van der Waals surface area contributed by atoms with Crippen LogP contribution in [0.2, 0.25) is 0 Å². The summed E-state index contributed by atoms with van der Waals surface area (Å²) in [6.07, 6.45) is 2.68. The van der Waals surface area contributed by atoms with E-state index < -0.39 is 0 Å². The molecule has 0 aliphatic carbocycles. The van der Waals surface area contributed by atoms with Gasteiger partial charge in [0.05, 0.1) is 0 Å². The minimum Gasteiger partial charge on any atom is -0.207 e. The third-order valence-electron chi connectivity index (χ3n) is 2.46. The Balaban J connectivity index is 2.44. The fraction of sp³-hybridized carbons (Fsp3) is 0.538. The molecule has 84 valence electrons. The van der Waals surface area contributed by atoms with Crippen LogP contribution in [0.15, 0.2) is 24.3 Å². The van der Waals surface area contributed by atoms with Gasteiger partial charge in [0, 0.05) is 5.38 Å². The van der Waals surface area contributed by atoms with Crippen molar-refractivity contribution in [2.24, 2.45) is 5.92 Å². The molecule has 0 nitrogen and oxygen atoms in total. The molecule has 0 spiro atoms. The topological polar surface area (TPSA) is 0 Å². The van der Waals surface area contributed by atoms with Crippen molar-refractivity contribution in [1.82, 2.24) is 0 Å². The molecule has 0 N–H and O–H groups in total. The Bertz CT molecular complexity index is 296. The van der Waals surface area contributed by atoms with Crippen molar-refractivity contribution in [3.05, 3.63) is 35.6 Å². The van der Waals surface area contributed by atoms with Gasteiger partial charge in [-0.1, -0.05) is 32.0 Å². The molecule has 0 fully saturated rings. The quantitative estimate of drug-likeness (QED) is 0.655. The summed E-state index contributed by atoms with van der Waals surface area (Å²) in [6, 6.07) is 6.85. The van der Waals surface area contributed by atoms with Crippen LogP contribution in [-0.4, -0.2) is 5.38 Å². The van der Waals surface area contributed by atoms with Gasteiger partial charge in [0.25, 0.3) is 0 Å². The highest BCUT2D eigenvalue weighted by Crippen LogP contribution is 2.17. The van der Waals surface area contributed by atoms with Gasteiger partial charge < -0.3 is 0 Å². The highest BCUT2D eigenvalue weighted by Gasteiger charge is 2.09. The van der Waals surface area contributed by atoms with Crippen molar-refractivity contribution < 1.29 is 4.39 Å². The van der Waals surface area contributed by atoms with Crippen LogP contribution in [0, 0.1) is 11.7 Å². The molecule has 1 atom stereocenters. The summed E-state index contributed by atoms with van der Waals surface area (Å²) in [5, 5.41) is 0.0456. The second-order valence-electron chi connectivity index (χ2n) is 4.36. The minimum absolute atomic E-state index is 0.0456. The lowest BCUT2D eigenvalue weighted by Gasteiger charge is -2.11. The van der Waals surface area contributed by atoms with Crippen LogP contribution < -0.4 is 0 Å². The molecular weight excluding hydrogens is 211 g/mol. The SMILES string of the molecule is CC(C)CCC(Cl)Cc1ccccc1F. The van der Waals surface area contributed by atoms with Gasteiger partial charge in [-0.25, -0.2) is 4.39 Å². The van der Waals surface area contributed by atoms with E-state index in [-0.39, 0.29) is 11.2 Å². The lowest BCUT2D eigenvalue weighted by Crippen LogP contribution is -2.06. The number of rotatable bonds is 5. The van der Waals surface area contributed by atoms with E-state index in [0.717, 1.165) is 18.4 Å². The van der Waals surface area contributed by atoms with Crippen LogP contribution in [0.1, 0.15) is 32.3 Å². The molecule has 0 radical (unpaired) electrons. The van der Waals surface area contributed by atoms with E-state index >= 15 is 0 Å². The van der Waals surface area contributed by atoms with E-state index in [1.807, 2.05) is 6.07 Å². The molecule has 0 amide bonds.